The van der Waals surface area contributed by atoms with Crippen LogP contribution in [0.1, 0.15) is 65.3 Å². The van der Waals surface area contributed by atoms with Crippen molar-refractivity contribution in [3.8, 4) is 11.1 Å². The van der Waals surface area contributed by atoms with Gasteiger partial charge in [-0.1, -0.05) is 128 Å². The molecule has 0 fully saturated rings. The van der Waals surface area contributed by atoms with Crippen LogP contribution in [0.25, 0.3) is 33.9 Å². The molecule has 0 N–H and O–H groups in total. The molecule has 3 aromatic rings. The average molecular weight is 589 g/mol. The zero-order chi connectivity index (χ0) is 29.9. The summed E-state index contributed by atoms with van der Waals surface area (Å²) in [6.45, 7) is 0. The van der Waals surface area contributed by atoms with E-state index in [1.54, 1.807) is 22.3 Å². The third-order valence-electron chi connectivity index (χ3n) is 12.5. The molecule has 3 aromatic carbocycles. The molecule has 0 heteroatoms. The predicted molar refractivity (Wildman–Crippen MR) is 191 cm³/mol. The summed E-state index contributed by atoms with van der Waals surface area (Å²) in [5.41, 5.74) is 17.8. The quantitative estimate of drug-likeness (QED) is 0.280. The standard InChI is InChI=1S/C46H36/c1-12-29(31-22-24-41-37-16-4-10-27-8-2-14-35(43(27)37)39-20-6-18-33(31)45(39)41)26-30(13-1)32-23-25-42-38-17-5-11-28-9-3-15-36(44(28)38)40-21-7-19-34(32)46(40)42/h1-6,8-13,15-20,22-23,25-26,28,35,37,41,43-44H,7,14,21,24H2. The maximum absolute atomic E-state index is 2.57. The zero-order valence-corrected chi connectivity index (χ0v) is 26.0. The van der Waals surface area contributed by atoms with Crippen LogP contribution in [0.4, 0.5) is 0 Å². The molecule has 0 aromatic heterocycles. The van der Waals surface area contributed by atoms with Crippen molar-refractivity contribution in [1.82, 2.24) is 0 Å². The lowest BCUT2D eigenvalue weighted by Gasteiger charge is -2.48. The third-order valence-corrected chi connectivity index (χ3v) is 12.5. The summed E-state index contributed by atoms with van der Waals surface area (Å²) in [6, 6.07) is 21.5. The van der Waals surface area contributed by atoms with Gasteiger partial charge in [-0.05, 0) is 133 Å². The number of hydrogen-bond donors (Lipinski definition) is 0. The Morgan fingerprint density at radius 1 is 0.674 bits per heavy atom. The Morgan fingerprint density at radius 2 is 1.52 bits per heavy atom. The smallest absolute Gasteiger partial charge is 0.0196 e. The highest BCUT2D eigenvalue weighted by molar-refractivity contribution is 5.90. The van der Waals surface area contributed by atoms with Crippen LogP contribution in [0.5, 0.6) is 0 Å². The van der Waals surface area contributed by atoms with Crippen LogP contribution in [0, 0.1) is 23.7 Å². The van der Waals surface area contributed by atoms with Crippen molar-refractivity contribution in [3.63, 3.8) is 0 Å². The summed E-state index contributed by atoms with van der Waals surface area (Å²) in [4.78, 5) is 0. The number of allylic oxidation sites excluding steroid dienone is 15. The second-order valence-electron chi connectivity index (χ2n) is 14.5. The largest absolute Gasteiger partial charge is 0.0836 e. The third kappa shape index (κ3) is 3.35. The first-order valence-corrected chi connectivity index (χ1v) is 17.5. The van der Waals surface area contributed by atoms with Crippen molar-refractivity contribution in [2.45, 2.75) is 37.5 Å². The topological polar surface area (TPSA) is 0 Å². The average Bonchev–Trinajstić information content (AvgIpc) is 3.12. The lowest BCUT2D eigenvalue weighted by molar-refractivity contribution is 0.293. The molecule has 0 aliphatic heterocycles. The van der Waals surface area contributed by atoms with Gasteiger partial charge in [-0.25, -0.2) is 0 Å². The van der Waals surface area contributed by atoms with Crippen molar-refractivity contribution in [3.05, 3.63) is 177 Å². The molecular formula is C46H36. The summed E-state index contributed by atoms with van der Waals surface area (Å²) in [5, 5.41) is 2.94. The molecule has 8 aliphatic carbocycles. The maximum atomic E-state index is 2.57. The summed E-state index contributed by atoms with van der Waals surface area (Å²) in [5.74, 6) is 3.33. The molecule has 8 aliphatic rings. The molecule has 220 valence electrons. The molecule has 0 heterocycles. The Labute approximate surface area is 271 Å². The van der Waals surface area contributed by atoms with Gasteiger partial charge in [-0.15, -0.1) is 0 Å². The van der Waals surface area contributed by atoms with E-state index < -0.39 is 0 Å². The Morgan fingerprint density at radius 3 is 2.48 bits per heavy atom. The monoisotopic (exact) mass is 588 g/mol. The van der Waals surface area contributed by atoms with E-state index in [2.05, 4.69) is 134 Å². The van der Waals surface area contributed by atoms with Gasteiger partial charge in [0.25, 0.3) is 0 Å². The summed E-state index contributed by atoms with van der Waals surface area (Å²) >= 11 is 0. The molecule has 46 heavy (non-hydrogen) atoms. The summed E-state index contributed by atoms with van der Waals surface area (Å²) < 4.78 is 0. The van der Waals surface area contributed by atoms with E-state index in [-0.39, 0.29) is 0 Å². The Bertz CT molecular complexity index is 2280. The highest BCUT2D eigenvalue weighted by Crippen LogP contribution is 2.58. The van der Waals surface area contributed by atoms with E-state index in [0.717, 1.165) is 25.7 Å². The van der Waals surface area contributed by atoms with Crippen LogP contribution in [0.2, 0.25) is 0 Å². The van der Waals surface area contributed by atoms with Gasteiger partial charge in [-0.3, -0.25) is 0 Å². The fourth-order valence-corrected chi connectivity index (χ4v) is 10.7. The van der Waals surface area contributed by atoms with E-state index >= 15 is 0 Å². The minimum atomic E-state index is 0.475. The van der Waals surface area contributed by atoms with Gasteiger partial charge >= 0.3 is 0 Å². The number of fused-ring (bicyclic) bond motifs is 4. The molecule has 0 bridgehead atoms. The molecule has 0 amide bonds. The number of benzene rings is 3. The molecule has 0 saturated carbocycles. The van der Waals surface area contributed by atoms with Crippen molar-refractivity contribution in [2.24, 2.45) is 23.7 Å². The highest BCUT2D eigenvalue weighted by Gasteiger charge is 2.46. The van der Waals surface area contributed by atoms with Gasteiger partial charge in [0.2, 0.25) is 0 Å². The van der Waals surface area contributed by atoms with E-state index in [1.807, 2.05) is 0 Å². The summed E-state index contributed by atoms with van der Waals surface area (Å²) in [6.07, 6.45) is 35.8. The van der Waals surface area contributed by atoms with Crippen LogP contribution in [0.3, 0.4) is 0 Å². The van der Waals surface area contributed by atoms with Crippen molar-refractivity contribution in [2.75, 3.05) is 0 Å². The number of rotatable bonds is 2. The lowest BCUT2D eigenvalue weighted by atomic mass is 9.55. The van der Waals surface area contributed by atoms with E-state index in [9.17, 15) is 0 Å². The molecule has 0 radical (unpaired) electrons. The summed E-state index contributed by atoms with van der Waals surface area (Å²) in [7, 11) is 0. The van der Waals surface area contributed by atoms with Gasteiger partial charge in [0.15, 0.2) is 0 Å². The maximum Gasteiger partial charge on any atom is 0.0196 e. The zero-order valence-electron chi connectivity index (χ0n) is 26.0. The van der Waals surface area contributed by atoms with Crippen LogP contribution in [0.15, 0.2) is 139 Å². The Balaban J connectivity index is 1.05. The van der Waals surface area contributed by atoms with E-state index in [0.29, 0.717) is 35.5 Å². The number of hydrogen-bond acceptors (Lipinski definition) is 0. The second-order valence-corrected chi connectivity index (χ2v) is 14.5. The van der Waals surface area contributed by atoms with Gasteiger partial charge in [0.1, 0.15) is 0 Å². The molecule has 0 nitrogen and oxygen atoms in total. The fraction of sp³-hybridized carbons (Fsp3) is 0.217. The van der Waals surface area contributed by atoms with Crippen molar-refractivity contribution in [1.29, 1.82) is 0 Å². The van der Waals surface area contributed by atoms with E-state index in [4.69, 9.17) is 0 Å². The molecule has 6 unspecified atom stereocenters. The normalized spacial score (nSPS) is 29.7. The van der Waals surface area contributed by atoms with Crippen molar-refractivity contribution >= 4 is 22.8 Å². The van der Waals surface area contributed by atoms with Gasteiger partial charge in [0.05, 0.1) is 0 Å². The molecule has 11 rings (SSSR count). The predicted octanol–water partition coefficient (Wildman–Crippen LogP) is 9.48. The minimum Gasteiger partial charge on any atom is -0.0836 e. The van der Waals surface area contributed by atoms with Crippen LogP contribution in [-0.2, 0) is 0 Å². The van der Waals surface area contributed by atoms with E-state index in [1.165, 1.54) is 55.0 Å². The second kappa shape index (κ2) is 9.43. The molecule has 0 saturated heterocycles. The molecule has 0 spiro atoms. The highest BCUT2D eigenvalue weighted by atomic mass is 14.5. The Hall–Kier alpha value is -4.68. The van der Waals surface area contributed by atoms with Crippen LogP contribution < -0.4 is 10.4 Å². The molecule has 6 atom stereocenters. The molecular weight excluding hydrogens is 553 g/mol. The van der Waals surface area contributed by atoms with Crippen LogP contribution in [-0.4, -0.2) is 0 Å². The van der Waals surface area contributed by atoms with Gasteiger partial charge in [0, 0.05) is 11.8 Å². The van der Waals surface area contributed by atoms with Crippen LogP contribution >= 0.6 is 0 Å². The Kier molecular flexibility index (Phi) is 5.23. The fourth-order valence-electron chi connectivity index (χ4n) is 10.7. The first-order chi connectivity index (χ1) is 22.8. The minimum absolute atomic E-state index is 0.475. The van der Waals surface area contributed by atoms with Crippen molar-refractivity contribution < 1.29 is 0 Å². The first-order valence-electron chi connectivity index (χ1n) is 17.5. The van der Waals surface area contributed by atoms with Gasteiger partial charge < -0.3 is 0 Å². The first kappa shape index (κ1) is 25.5. The SMILES string of the molecule is C1=CC2C=CC=C3c4ccc(-c5cccc(C6=CCC7c8c6cccc8C6CC=CC8=CC=CC7C86)c5)c5c4=C(CCC=5)C(=C1)C32. The lowest BCUT2D eigenvalue weighted by Crippen LogP contribution is -2.41. The van der Waals surface area contributed by atoms with Gasteiger partial charge in [-0.2, -0.15) is 0 Å².